The zero-order valence-corrected chi connectivity index (χ0v) is 8.45. The third-order valence-corrected chi connectivity index (χ3v) is 2.03. The highest BCUT2D eigenvalue weighted by molar-refractivity contribution is 5.85. The van der Waals surface area contributed by atoms with Crippen LogP contribution in [0.1, 0.15) is 23.6 Å². The zero-order chi connectivity index (χ0) is 8.27. The number of nitrogens with two attached hydrogens (primary N) is 1. The van der Waals surface area contributed by atoms with Gasteiger partial charge in [-0.2, -0.15) is 0 Å². The molecule has 12 heavy (non-hydrogen) atoms. The second-order valence-corrected chi connectivity index (χ2v) is 2.82. The Hall–Kier alpha value is -0.530. The van der Waals surface area contributed by atoms with Gasteiger partial charge in [0, 0.05) is 6.54 Å². The van der Waals surface area contributed by atoms with Gasteiger partial charge in [-0.15, -0.1) is 12.4 Å². The maximum Gasteiger partial charge on any atom is 0.0178 e. The van der Waals surface area contributed by atoms with E-state index in [-0.39, 0.29) is 12.4 Å². The molecule has 1 rings (SSSR count). The fourth-order valence-electron chi connectivity index (χ4n) is 1.23. The van der Waals surface area contributed by atoms with Crippen molar-refractivity contribution >= 4 is 12.4 Å². The Morgan fingerprint density at radius 1 is 1.33 bits per heavy atom. The summed E-state index contributed by atoms with van der Waals surface area (Å²) in [6.45, 7) is 4.95. The lowest BCUT2D eigenvalue weighted by Gasteiger charge is -2.04. The van der Waals surface area contributed by atoms with Gasteiger partial charge in [0.05, 0.1) is 0 Å². The molecule has 0 spiro atoms. The van der Waals surface area contributed by atoms with Gasteiger partial charge in [-0.25, -0.2) is 0 Å². The van der Waals surface area contributed by atoms with Crippen molar-refractivity contribution in [2.75, 3.05) is 0 Å². The Morgan fingerprint density at radius 2 is 2.00 bits per heavy atom. The van der Waals surface area contributed by atoms with Crippen molar-refractivity contribution in [3.8, 4) is 0 Å². The molecule has 0 fully saturated rings. The first-order valence-electron chi connectivity index (χ1n) is 4.06. The zero-order valence-electron chi connectivity index (χ0n) is 7.63. The standard InChI is InChI=1S/C10H15N.ClH/c1-3-10-6-9(7-11)5-4-8(10)2;/h4-6H,3,7,11H2,1-2H3;1H. The third-order valence-electron chi connectivity index (χ3n) is 2.03. The molecule has 0 unspecified atom stereocenters. The number of hydrogen-bond donors (Lipinski definition) is 1. The van der Waals surface area contributed by atoms with E-state index in [2.05, 4.69) is 32.0 Å². The SMILES string of the molecule is CCc1cc(CN)ccc1C.Cl. The molecule has 0 aliphatic heterocycles. The van der Waals surface area contributed by atoms with Crippen molar-refractivity contribution < 1.29 is 0 Å². The molecule has 0 atom stereocenters. The van der Waals surface area contributed by atoms with E-state index in [9.17, 15) is 0 Å². The van der Waals surface area contributed by atoms with Gasteiger partial charge in [0.1, 0.15) is 0 Å². The van der Waals surface area contributed by atoms with Gasteiger partial charge in [-0.1, -0.05) is 25.1 Å². The molecule has 0 heterocycles. The Balaban J connectivity index is 0.00000121. The van der Waals surface area contributed by atoms with E-state index in [1.807, 2.05) is 0 Å². The molecule has 1 nitrogen and oxygen atoms in total. The number of benzene rings is 1. The van der Waals surface area contributed by atoms with Gasteiger partial charge < -0.3 is 5.73 Å². The Labute approximate surface area is 80.4 Å². The summed E-state index contributed by atoms with van der Waals surface area (Å²) >= 11 is 0. The number of hydrogen-bond acceptors (Lipinski definition) is 1. The maximum atomic E-state index is 5.52. The van der Waals surface area contributed by atoms with Crippen LogP contribution >= 0.6 is 12.4 Å². The molecule has 0 bridgehead atoms. The summed E-state index contributed by atoms with van der Waals surface area (Å²) in [5, 5.41) is 0. The molecule has 0 aromatic heterocycles. The minimum absolute atomic E-state index is 0. The van der Waals surface area contributed by atoms with Crippen LogP contribution in [0.2, 0.25) is 0 Å². The quantitative estimate of drug-likeness (QED) is 0.753. The van der Waals surface area contributed by atoms with E-state index in [4.69, 9.17) is 5.73 Å². The second kappa shape index (κ2) is 5.18. The molecule has 2 N–H and O–H groups in total. The average Bonchev–Trinajstić information content (AvgIpc) is 2.05. The van der Waals surface area contributed by atoms with Gasteiger partial charge in [0.15, 0.2) is 0 Å². The summed E-state index contributed by atoms with van der Waals surface area (Å²) in [7, 11) is 0. The second-order valence-electron chi connectivity index (χ2n) is 2.82. The van der Waals surface area contributed by atoms with Gasteiger partial charge in [-0.05, 0) is 30.0 Å². The van der Waals surface area contributed by atoms with E-state index < -0.39 is 0 Å². The lowest BCUT2D eigenvalue weighted by molar-refractivity contribution is 1.03. The third kappa shape index (κ3) is 2.50. The fraction of sp³-hybridized carbons (Fsp3) is 0.400. The smallest absolute Gasteiger partial charge is 0.0178 e. The normalized spacial score (nSPS) is 9.25. The monoisotopic (exact) mass is 185 g/mol. The lowest BCUT2D eigenvalue weighted by Crippen LogP contribution is -1.97. The van der Waals surface area contributed by atoms with Crippen molar-refractivity contribution in [1.82, 2.24) is 0 Å². The number of aryl methyl sites for hydroxylation is 2. The molecule has 0 saturated heterocycles. The highest BCUT2D eigenvalue weighted by atomic mass is 35.5. The van der Waals surface area contributed by atoms with Crippen LogP contribution in [-0.2, 0) is 13.0 Å². The van der Waals surface area contributed by atoms with E-state index in [0.29, 0.717) is 6.54 Å². The van der Waals surface area contributed by atoms with Crippen LogP contribution in [-0.4, -0.2) is 0 Å². The molecular formula is C10H16ClN. The Kier molecular flexibility index (Phi) is 4.95. The highest BCUT2D eigenvalue weighted by Crippen LogP contribution is 2.10. The molecule has 0 aliphatic carbocycles. The molecule has 68 valence electrons. The molecule has 0 aliphatic rings. The largest absolute Gasteiger partial charge is 0.326 e. The van der Waals surface area contributed by atoms with Crippen molar-refractivity contribution in [3.05, 3.63) is 34.9 Å². The number of rotatable bonds is 2. The Morgan fingerprint density at radius 3 is 2.50 bits per heavy atom. The molecule has 0 radical (unpaired) electrons. The Bertz CT molecular complexity index is 246. The molecule has 0 amide bonds. The molecule has 1 aromatic carbocycles. The predicted octanol–water partition coefficient (Wildman–Crippen LogP) is 2.44. The number of halogens is 1. The highest BCUT2D eigenvalue weighted by Gasteiger charge is 1.95. The van der Waals surface area contributed by atoms with Crippen molar-refractivity contribution in [2.45, 2.75) is 26.8 Å². The van der Waals surface area contributed by atoms with Gasteiger partial charge in [0.2, 0.25) is 0 Å². The summed E-state index contributed by atoms with van der Waals surface area (Å²) < 4.78 is 0. The van der Waals surface area contributed by atoms with E-state index in [1.54, 1.807) is 0 Å². The van der Waals surface area contributed by atoms with E-state index in [0.717, 1.165) is 6.42 Å². The van der Waals surface area contributed by atoms with Crippen molar-refractivity contribution in [1.29, 1.82) is 0 Å². The van der Waals surface area contributed by atoms with Crippen LogP contribution < -0.4 is 5.73 Å². The minimum Gasteiger partial charge on any atom is -0.326 e. The fourth-order valence-corrected chi connectivity index (χ4v) is 1.23. The van der Waals surface area contributed by atoms with Crippen LogP contribution in [0.4, 0.5) is 0 Å². The summed E-state index contributed by atoms with van der Waals surface area (Å²) in [4.78, 5) is 0. The van der Waals surface area contributed by atoms with Gasteiger partial charge >= 0.3 is 0 Å². The van der Waals surface area contributed by atoms with Crippen molar-refractivity contribution in [2.24, 2.45) is 5.73 Å². The maximum absolute atomic E-state index is 5.52. The lowest BCUT2D eigenvalue weighted by atomic mass is 10.0. The molecular weight excluding hydrogens is 170 g/mol. The summed E-state index contributed by atoms with van der Waals surface area (Å²) in [6, 6.07) is 6.42. The minimum atomic E-state index is 0. The van der Waals surface area contributed by atoms with Crippen LogP contribution in [0.25, 0.3) is 0 Å². The molecule has 2 heteroatoms. The predicted molar refractivity (Wildman–Crippen MR) is 55.7 cm³/mol. The average molecular weight is 186 g/mol. The van der Waals surface area contributed by atoms with Crippen molar-refractivity contribution in [3.63, 3.8) is 0 Å². The van der Waals surface area contributed by atoms with Crippen LogP contribution in [0.15, 0.2) is 18.2 Å². The summed E-state index contributed by atoms with van der Waals surface area (Å²) in [6.07, 6.45) is 1.10. The van der Waals surface area contributed by atoms with E-state index >= 15 is 0 Å². The van der Waals surface area contributed by atoms with Gasteiger partial charge in [-0.3, -0.25) is 0 Å². The first-order chi connectivity index (χ1) is 5.27. The molecule has 1 aromatic rings. The molecule has 0 saturated carbocycles. The topological polar surface area (TPSA) is 26.0 Å². The first-order valence-corrected chi connectivity index (χ1v) is 4.06. The van der Waals surface area contributed by atoms with Crippen LogP contribution in [0.5, 0.6) is 0 Å². The first kappa shape index (κ1) is 11.5. The summed E-state index contributed by atoms with van der Waals surface area (Å²) in [5.74, 6) is 0. The summed E-state index contributed by atoms with van der Waals surface area (Å²) in [5.41, 5.74) is 9.53. The van der Waals surface area contributed by atoms with Gasteiger partial charge in [0.25, 0.3) is 0 Å². The van der Waals surface area contributed by atoms with Crippen LogP contribution in [0.3, 0.4) is 0 Å². The van der Waals surface area contributed by atoms with E-state index in [1.165, 1.54) is 16.7 Å². The van der Waals surface area contributed by atoms with Crippen LogP contribution in [0, 0.1) is 6.92 Å².